The highest BCUT2D eigenvalue weighted by molar-refractivity contribution is 7.86. The molecular weight excluding hydrogens is 256 g/mol. The fourth-order valence-electron chi connectivity index (χ4n) is 1.88. The summed E-state index contributed by atoms with van der Waals surface area (Å²) in [6.45, 7) is 9.84. The van der Waals surface area contributed by atoms with Crippen molar-refractivity contribution >= 4 is 16.6 Å². The van der Waals surface area contributed by atoms with E-state index in [0.29, 0.717) is 17.2 Å². The summed E-state index contributed by atoms with van der Waals surface area (Å²) < 4.78 is 12.2. The van der Waals surface area contributed by atoms with Gasteiger partial charge in [-0.2, -0.15) is 0 Å². The van der Waals surface area contributed by atoms with E-state index in [4.69, 9.17) is 0 Å². The van der Waals surface area contributed by atoms with Gasteiger partial charge >= 0.3 is 0 Å². The van der Waals surface area contributed by atoms with Gasteiger partial charge in [-0.25, -0.2) is 0 Å². The Hall–Kier alpha value is -0.960. The zero-order chi connectivity index (χ0) is 14.6. The first-order valence-corrected chi connectivity index (χ1v) is 8.23. The third-order valence-electron chi connectivity index (χ3n) is 3.57. The van der Waals surface area contributed by atoms with Crippen LogP contribution in [0.1, 0.15) is 48.7 Å². The molecule has 0 heterocycles. The SMILES string of the molecule is CCC(C)CS(=O)C(C)C(=O)c1cc(C)ccc1C. The van der Waals surface area contributed by atoms with E-state index in [9.17, 15) is 9.00 Å². The molecule has 3 atom stereocenters. The van der Waals surface area contributed by atoms with Crippen LogP contribution < -0.4 is 0 Å². The zero-order valence-electron chi connectivity index (χ0n) is 12.5. The molecule has 1 aromatic rings. The Morgan fingerprint density at radius 1 is 1.26 bits per heavy atom. The van der Waals surface area contributed by atoms with Crippen LogP contribution in [0.15, 0.2) is 18.2 Å². The summed E-state index contributed by atoms with van der Waals surface area (Å²) in [5, 5.41) is -0.422. The average Bonchev–Trinajstić information content (AvgIpc) is 2.39. The van der Waals surface area contributed by atoms with E-state index < -0.39 is 16.0 Å². The summed E-state index contributed by atoms with van der Waals surface area (Å²) in [7, 11) is -1.09. The summed E-state index contributed by atoms with van der Waals surface area (Å²) in [6.07, 6.45) is 0.996. The summed E-state index contributed by atoms with van der Waals surface area (Å²) in [4.78, 5) is 12.4. The molecule has 0 saturated carbocycles. The molecule has 0 spiro atoms. The first-order valence-electron chi connectivity index (χ1n) is 6.85. The minimum atomic E-state index is -1.09. The molecule has 0 saturated heterocycles. The van der Waals surface area contributed by atoms with Crippen molar-refractivity contribution in [3.8, 4) is 0 Å². The van der Waals surface area contributed by atoms with E-state index >= 15 is 0 Å². The van der Waals surface area contributed by atoms with E-state index in [0.717, 1.165) is 17.5 Å². The summed E-state index contributed by atoms with van der Waals surface area (Å²) in [6, 6.07) is 5.84. The molecule has 0 aliphatic carbocycles. The molecule has 2 nitrogen and oxygen atoms in total. The lowest BCUT2D eigenvalue weighted by Gasteiger charge is -2.15. The van der Waals surface area contributed by atoms with Gasteiger partial charge in [0.1, 0.15) is 0 Å². The van der Waals surface area contributed by atoms with Gasteiger partial charge in [0, 0.05) is 22.1 Å². The molecule has 0 aliphatic rings. The van der Waals surface area contributed by atoms with Gasteiger partial charge in [0.2, 0.25) is 0 Å². The summed E-state index contributed by atoms with van der Waals surface area (Å²) >= 11 is 0. The Balaban J connectivity index is 2.87. The molecule has 0 aliphatic heterocycles. The second-order valence-corrected chi connectivity index (χ2v) is 7.19. The maximum atomic E-state index is 12.4. The first-order chi connectivity index (χ1) is 8.86. The summed E-state index contributed by atoms with van der Waals surface area (Å²) in [5.74, 6) is 1.01. The van der Waals surface area contributed by atoms with Crippen molar-refractivity contribution in [2.45, 2.75) is 46.3 Å². The number of rotatable bonds is 6. The van der Waals surface area contributed by atoms with Crippen molar-refractivity contribution in [2.75, 3.05) is 5.75 Å². The van der Waals surface area contributed by atoms with Crippen molar-refractivity contribution in [3.63, 3.8) is 0 Å². The molecule has 3 heteroatoms. The van der Waals surface area contributed by atoms with Crippen LogP contribution in [0, 0.1) is 19.8 Å². The molecule has 0 radical (unpaired) electrons. The minimum absolute atomic E-state index is 0.00263. The molecule has 3 unspecified atom stereocenters. The molecule has 0 aromatic heterocycles. The van der Waals surface area contributed by atoms with E-state index in [2.05, 4.69) is 13.8 Å². The van der Waals surface area contributed by atoms with Crippen LogP contribution in [0.5, 0.6) is 0 Å². The fourth-order valence-corrected chi connectivity index (χ4v) is 3.33. The fraction of sp³-hybridized carbons (Fsp3) is 0.562. The average molecular weight is 280 g/mol. The van der Waals surface area contributed by atoms with Gasteiger partial charge in [0.15, 0.2) is 5.78 Å². The van der Waals surface area contributed by atoms with Crippen molar-refractivity contribution in [1.82, 2.24) is 0 Å². The predicted molar refractivity (Wildman–Crippen MR) is 82.2 cm³/mol. The van der Waals surface area contributed by atoms with Crippen LogP contribution >= 0.6 is 0 Å². The predicted octanol–water partition coefficient (Wildman–Crippen LogP) is 3.67. The molecule has 1 rings (SSSR count). The highest BCUT2D eigenvalue weighted by Crippen LogP contribution is 2.16. The molecule has 19 heavy (non-hydrogen) atoms. The highest BCUT2D eigenvalue weighted by atomic mass is 32.2. The van der Waals surface area contributed by atoms with Crippen LogP contribution in [-0.4, -0.2) is 21.0 Å². The van der Waals surface area contributed by atoms with Crippen molar-refractivity contribution in [3.05, 3.63) is 34.9 Å². The van der Waals surface area contributed by atoms with Crippen LogP contribution in [0.2, 0.25) is 0 Å². The molecule has 0 N–H and O–H groups in total. The van der Waals surface area contributed by atoms with Gasteiger partial charge < -0.3 is 0 Å². The van der Waals surface area contributed by atoms with Gasteiger partial charge in [-0.1, -0.05) is 38.0 Å². The number of hydrogen-bond acceptors (Lipinski definition) is 2. The second kappa shape index (κ2) is 6.99. The summed E-state index contributed by atoms with van der Waals surface area (Å²) in [5.41, 5.74) is 2.74. The molecule has 0 fully saturated rings. The van der Waals surface area contributed by atoms with Crippen molar-refractivity contribution < 1.29 is 9.00 Å². The number of Topliss-reactive ketones (excluding diaryl/α,β-unsaturated/α-hetero) is 1. The third kappa shape index (κ3) is 4.27. The minimum Gasteiger partial charge on any atom is -0.293 e. The number of carbonyl (C=O) groups is 1. The van der Waals surface area contributed by atoms with E-state index in [-0.39, 0.29) is 5.78 Å². The van der Waals surface area contributed by atoms with Crippen molar-refractivity contribution in [2.24, 2.45) is 5.92 Å². The largest absolute Gasteiger partial charge is 0.293 e. The number of hydrogen-bond donors (Lipinski definition) is 0. The maximum absolute atomic E-state index is 12.4. The molecule has 1 aromatic carbocycles. The number of benzene rings is 1. The van der Waals surface area contributed by atoms with E-state index in [1.165, 1.54) is 0 Å². The van der Waals surface area contributed by atoms with Gasteiger partial charge in [-0.15, -0.1) is 0 Å². The van der Waals surface area contributed by atoms with Crippen LogP contribution in [0.25, 0.3) is 0 Å². The van der Waals surface area contributed by atoms with Gasteiger partial charge in [-0.3, -0.25) is 9.00 Å². The Morgan fingerprint density at radius 2 is 1.89 bits per heavy atom. The molecular formula is C16H24O2S. The lowest BCUT2D eigenvalue weighted by molar-refractivity contribution is 0.0992. The topological polar surface area (TPSA) is 34.1 Å². The van der Waals surface area contributed by atoms with E-state index in [1.807, 2.05) is 32.0 Å². The second-order valence-electron chi connectivity index (χ2n) is 5.39. The van der Waals surface area contributed by atoms with Crippen LogP contribution in [0.3, 0.4) is 0 Å². The Morgan fingerprint density at radius 3 is 2.47 bits per heavy atom. The van der Waals surface area contributed by atoms with Crippen LogP contribution in [-0.2, 0) is 10.8 Å². The third-order valence-corrected chi connectivity index (χ3v) is 5.47. The normalized spacial score (nSPS) is 15.8. The Bertz CT molecular complexity index is 480. The lowest BCUT2D eigenvalue weighted by Crippen LogP contribution is -2.27. The standard InChI is InChI=1S/C16H24O2S/c1-6-11(2)10-19(18)14(5)16(17)15-9-12(3)7-8-13(15)4/h7-9,11,14H,6,10H2,1-5H3. The lowest BCUT2D eigenvalue weighted by atomic mass is 10.0. The molecule has 0 bridgehead atoms. The van der Waals surface area contributed by atoms with Crippen molar-refractivity contribution in [1.29, 1.82) is 0 Å². The molecule has 106 valence electrons. The van der Waals surface area contributed by atoms with E-state index in [1.54, 1.807) is 6.92 Å². The van der Waals surface area contributed by atoms with Gasteiger partial charge in [0.05, 0.1) is 5.25 Å². The smallest absolute Gasteiger partial charge is 0.178 e. The molecule has 0 amide bonds. The first kappa shape index (κ1) is 16.1. The quantitative estimate of drug-likeness (QED) is 0.745. The number of ketones is 1. The highest BCUT2D eigenvalue weighted by Gasteiger charge is 2.23. The Kier molecular flexibility index (Phi) is 5.92. The maximum Gasteiger partial charge on any atom is 0.178 e. The zero-order valence-corrected chi connectivity index (χ0v) is 13.3. The van der Waals surface area contributed by atoms with Gasteiger partial charge in [-0.05, 0) is 38.3 Å². The number of carbonyl (C=O) groups excluding carboxylic acids is 1. The monoisotopic (exact) mass is 280 g/mol. The number of aryl methyl sites for hydroxylation is 2. The Labute approximate surface area is 119 Å². The van der Waals surface area contributed by atoms with Gasteiger partial charge in [0.25, 0.3) is 0 Å². The van der Waals surface area contributed by atoms with Crippen LogP contribution in [0.4, 0.5) is 0 Å².